The zero-order valence-corrected chi connectivity index (χ0v) is 23.0. The van der Waals surface area contributed by atoms with Gasteiger partial charge in [0.15, 0.2) is 0 Å². The molecule has 0 nitrogen and oxygen atoms in total. The van der Waals surface area contributed by atoms with Gasteiger partial charge in [0.2, 0.25) is 0 Å². The molecule has 0 bridgehead atoms. The van der Waals surface area contributed by atoms with Crippen molar-refractivity contribution in [1.82, 2.24) is 0 Å². The fraction of sp³-hybridized carbons (Fsp3) is 0.250. The van der Waals surface area contributed by atoms with Crippen molar-refractivity contribution in [3.63, 3.8) is 0 Å². The van der Waals surface area contributed by atoms with Crippen LogP contribution in [-0.4, -0.2) is 32.3 Å². The molecular formula is C24H33AsSi3. The van der Waals surface area contributed by atoms with E-state index in [4.69, 9.17) is 0 Å². The van der Waals surface area contributed by atoms with Crippen molar-refractivity contribution < 1.29 is 0 Å². The van der Waals surface area contributed by atoms with Crippen molar-refractivity contribution in [2.75, 3.05) is 0 Å². The van der Waals surface area contributed by atoms with Crippen molar-refractivity contribution in [3.05, 3.63) is 91.0 Å². The van der Waals surface area contributed by atoms with Gasteiger partial charge in [-0.15, -0.1) is 0 Å². The monoisotopic (exact) mass is 480 g/mol. The Kier molecular flexibility index (Phi) is 6.41. The second-order valence-electron chi connectivity index (χ2n) is 9.11. The zero-order valence-electron chi connectivity index (χ0n) is 18.1. The van der Waals surface area contributed by atoms with Gasteiger partial charge in [-0.25, -0.2) is 0 Å². The molecule has 4 heteroatoms. The molecule has 0 saturated heterocycles. The Bertz CT molecular complexity index is 768. The fourth-order valence-electron chi connectivity index (χ4n) is 5.02. The van der Waals surface area contributed by atoms with E-state index in [1.165, 1.54) is 0 Å². The SMILES string of the molecule is C[Si](C)(c1ccccc1)[As]([Si](C)(C)c1ccccc1)[Si](C)(C)c1ccccc1. The number of hydrogen-bond donors (Lipinski definition) is 0. The van der Waals surface area contributed by atoms with Crippen LogP contribution in [0.1, 0.15) is 0 Å². The van der Waals surface area contributed by atoms with Gasteiger partial charge in [0.1, 0.15) is 0 Å². The first-order valence-corrected chi connectivity index (χ1v) is 27.4. The summed E-state index contributed by atoms with van der Waals surface area (Å²) in [6, 6.07) is 34.6. The molecule has 0 unspecified atom stereocenters. The molecule has 0 heterocycles. The molecule has 0 aromatic heterocycles. The molecule has 0 saturated carbocycles. The standard InChI is InChI=1S/C24H33AsSi3/c1-26(2,22-16-10-7-11-17-22)25(27(3,4)23-18-12-8-13-19-23)28(5,6)24-20-14-9-15-21-24/h7-21H,1-6H3. The molecule has 0 N–H and O–H groups in total. The third-order valence-electron chi connectivity index (χ3n) is 6.12. The summed E-state index contributed by atoms with van der Waals surface area (Å²) in [6.07, 6.45) is 0. The van der Waals surface area contributed by atoms with Gasteiger partial charge in [0, 0.05) is 0 Å². The van der Waals surface area contributed by atoms with E-state index in [2.05, 4.69) is 130 Å². The van der Waals surface area contributed by atoms with Crippen LogP contribution < -0.4 is 15.6 Å². The van der Waals surface area contributed by atoms with Gasteiger partial charge in [0.05, 0.1) is 0 Å². The molecular weight excluding hydrogens is 447 g/mol. The Morgan fingerprint density at radius 1 is 0.393 bits per heavy atom. The van der Waals surface area contributed by atoms with Gasteiger partial charge < -0.3 is 0 Å². The van der Waals surface area contributed by atoms with Crippen LogP contribution >= 0.6 is 0 Å². The molecule has 146 valence electrons. The molecule has 0 atom stereocenters. The van der Waals surface area contributed by atoms with Crippen LogP contribution in [0.15, 0.2) is 91.0 Å². The van der Waals surface area contributed by atoms with Gasteiger partial charge in [-0.1, -0.05) is 0 Å². The van der Waals surface area contributed by atoms with Crippen molar-refractivity contribution in [2.45, 2.75) is 39.3 Å². The van der Waals surface area contributed by atoms with E-state index in [0.29, 0.717) is 0 Å². The fourth-order valence-corrected chi connectivity index (χ4v) is 125. The summed E-state index contributed by atoms with van der Waals surface area (Å²) in [7, 11) is 0. The summed E-state index contributed by atoms with van der Waals surface area (Å²) in [5.74, 6) is 0. The predicted octanol–water partition coefficient (Wildman–Crippen LogP) is 4.56. The Labute approximate surface area is 177 Å². The van der Waals surface area contributed by atoms with E-state index >= 15 is 0 Å². The first kappa shape index (κ1) is 21.6. The molecule has 0 radical (unpaired) electrons. The van der Waals surface area contributed by atoms with Crippen molar-refractivity contribution in [1.29, 1.82) is 0 Å². The first-order valence-electron chi connectivity index (χ1n) is 10.2. The number of hydrogen-bond acceptors (Lipinski definition) is 0. The van der Waals surface area contributed by atoms with E-state index in [1.807, 2.05) is 0 Å². The van der Waals surface area contributed by atoms with Gasteiger partial charge >= 0.3 is 178 Å². The second-order valence-corrected chi connectivity index (χ2v) is 56.7. The molecule has 3 rings (SSSR count). The number of benzene rings is 3. The molecule has 3 aromatic carbocycles. The van der Waals surface area contributed by atoms with Crippen LogP contribution in [-0.2, 0) is 0 Å². The summed E-state index contributed by atoms with van der Waals surface area (Å²) < 4.78 is 0. The number of rotatable bonds is 6. The Morgan fingerprint density at radius 2 is 0.607 bits per heavy atom. The minimum absolute atomic E-state index is 1.22. The van der Waals surface area contributed by atoms with Crippen LogP contribution in [0.25, 0.3) is 0 Å². The maximum atomic E-state index is 2.69. The molecule has 0 aliphatic rings. The quantitative estimate of drug-likeness (QED) is 0.454. The summed E-state index contributed by atoms with van der Waals surface area (Å²) in [5.41, 5.74) is 0. The first-order chi connectivity index (χ1) is 13.2. The second kappa shape index (κ2) is 8.31. The van der Waals surface area contributed by atoms with Crippen molar-refractivity contribution in [3.8, 4) is 0 Å². The van der Waals surface area contributed by atoms with Crippen LogP contribution in [0.4, 0.5) is 0 Å². The normalized spacial score (nSPS) is 13.0. The molecule has 0 aliphatic carbocycles. The van der Waals surface area contributed by atoms with E-state index in [9.17, 15) is 0 Å². The third-order valence-corrected chi connectivity index (χ3v) is 93.0. The van der Waals surface area contributed by atoms with Gasteiger partial charge in [-0.05, 0) is 0 Å². The average Bonchev–Trinajstić information content (AvgIpc) is 2.69. The summed E-state index contributed by atoms with van der Waals surface area (Å²) in [5, 5.41) is 5.01. The molecule has 0 fully saturated rings. The molecule has 28 heavy (non-hydrogen) atoms. The Morgan fingerprint density at radius 3 is 0.821 bits per heavy atom. The minimum atomic E-state index is -1.58. The van der Waals surface area contributed by atoms with Crippen LogP contribution in [0.3, 0.4) is 0 Å². The van der Waals surface area contributed by atoms with Crippen LogP contribution in [0, 0.1) is 0 Å². The summed E-state index contributed by atoms with van der Waals surface area (Å²) >= 11 is -1.22. The van der Waals surface area contributed by atoms with Gasteiger partial charge in [-0.3, -0.25) is 0 Å². The molecule has 3 aromatic rings. The maximum absolute atomic E-state index is 2.69. The van der Waals surface area contributed by atoms with Crippen LogP contribution in [0.2, 0.25) is 39.3 Å². The van der Waals surface area contributed by atoms with Crippen molar-refractivity contribution >= 4 is 47.9 Å². The van der Waals surface area contributed by atoms with E-state index < -0.39 is 32.3 Å². The third kappa shape index (κ3) is 4.09. The van der Waals surface area contributed by atoms with Crippen molar-refractivity contribution in [2.24, 2.45) is 0 Å². The topological polar surface area (TPSA) is 0 Å². The molecule has 0 aliphatic heterocycles. The Hall–Kier alpha value is -1.13. The van der Waals surface area contributed by atoms with E-state index in [0.717, 1.165) is 0 Å². The summed E-state index contributed by atoms with van der Waals surface area (Å²) in [6.45, 7) is 11.4. The van der Waals surface area contributed by atoms with Crippen LogP contribution in [0.5, 0.6) is 0 Å². The average molecular weight is 481 g/mol. The molecule has 0 spiro atoms. The summed E-state index contributed by atoms with van der Waals surface area (Å²) in [4.78, 5) is 0. The molecule has 0 amide bonds. The van der Waals surface area contributed by atoms with E-state index in [1.54, 1.807) is 15.6 Å². The van der Waals surface area contributed by atoms with Gasteiger partial charge in [-0.2, -0.15) is 0 Å². The van der Waals surface area contributed by atoms with Gasteiger partial charge in [0.25, 0.3) is 0 Å². The zero-order chi connectivity index (χ0) is 20.4. The predicted molar refractivity (Wildman–Crippen MR) is 136 cm³/mol. The Balaban J connectivity index is 2.23. The van der Waals surface area contributed by atoms with E-state index in [-0.39, 0.29) is 0 Å².